The van der Waals surface area contributed by atoms with Crippen molar-refractivity contribution in [3.05, 3.63) is 60.4 Å². The van der Waals surface area contributed by atoms with Gasteiger partial charge in [0.05, 0.1) is 24.5 Å². The number of anilines is 1. The van der Waals surface area contributed by atoms with E-state index in [1.54, 1.807) is 24.4 Å². The minimum Gasteiger partial charge on any atom is -0.306 e. The lowest BCUT2D eigenvalue weighted by Crippen LogP contribution is -2.19. The standard InChI is InChI=1S/C19H16F2N6O/c1-2-27-23-10-18(25-27)24-19(28)11-26-17-6-3-12(7-13(17)9-22-26)15-8-14(20)4-5-16(15)21/h3-10H,2,11H2,1H3,(H,24,25,28). The summed E-state index contributed by atoms with van der Waals surface area (Å²) in [5, 5.41) is 15.7. The number of nitrogens with zero attached hydrogens (tertiary/aromatic N) is 5. The average Bonchev–Trinajstić information content (AvgIpc) is 3.30. The van der Waals surface area contributed by atoms with Crippen molar-refractivity contribution in [1.82, 2.24) is 24.8 Å². The van der Waals surface area contributed by atoms with Crippen LogP contribution >= 0.6 is 0 Å². The van der Waals surface area contributed by atoms with Crippen molar-refractivity contribution in [2.75, 3.05) is 5.32 Å². The molecule has 1 amide bonds. The SMILES string of the molecule is CCn1ncc(NC(=O)Cn2ncc3cc(-c4cc(F)ccc4F)ccc32)n1. The normalized spacial score (nSPS) is 11.1. The Labute approximate surface area is 158 Å². The van der Waals surface area contributed by atoms with Crippen LogP contribution < -0.4 is 5.32 Å². The van der Waals surface area contributed by atoms with Crippen LogP contribution in [0.2, 0.25) is 0 Å². The fraction of sp³-hybridized carbons (Fsp3) is 0.158. The molecule has 0 atom stereocenters. The molecule has 0 bridgehead atoms. The van der Waals surface area contributed by atoms with Gasteiger partial charge in [0.2, 0.25) is 5.91 Å². The van der Waals surface area contributed by atoms with Crippen LogP contribution in [0.15, 0.2) is 48.8 Å². The number of hydrogen-bond donors (Lipinski definition) is 1. The quantitative estimate of drug-likeness (QED) is 0.575. The van der Waals surface area contributed by atoms with E-state index in [2.05, 4.69) is 20.6 Å². The Hall–Kier alpha value is -3.62. The summed E-state index contributed by atoms with van der Waals surface area (Å²) in [4.78, 5) is 13.7. The Balaban J connectivity index is 1.56. The number of aryl methyl sites for hydroxylation is 1. The molecule has 0 unspecified atom stereocenters. The van der Waals surface area contributed by atoms with Gasteiger partial charge in [0.15, 0.2) is 5.82 Å². The lowest BCUT2D eigenvalue weighted by atomic mass is 10.0. The fourth-order valence-electron chi connectivity index (χ4n) is 2.92. The second-order valence-electron chi connectivity index (χ2n) is 6.17. The molecule has 4 rings (SSSR count). The topological polar surface area (TPSA) is 77.6 Å². The number of fused-ring (bicyclic) bond motifs is 1. The first-order valence-electron chi connectivity index (χ1n) is 8.64. The van der Waals surface area contributed by atoms with Crippen LogP contribution in [0, 0.1) is 11.6 Å². The molecule has 0 radical (unpaired) electrons. The summed E-state index contributed by atoms with van der Waals surface area (Å²) in [7, 11) is 0. The predicted molar refractivity (Wildman–Crippen MR) is 99.4 cm³/mol. The molecule has 1 N–H and O–H groups in total. The zero-order valence-corrected chi connectivity index (χ0v) is 14.9. The van der Waals surface area contributed by atoms with Crippen molar-refractivity contribution in [3.8, 4) is 11.1 Å². The van der Waals surface area contributed by atoms with Crippen LogP contribution in [0.25, 0.3) is 22.0 Å². The van der Waals surface area contributed by atoms with E-state index in [1.165, 1.54) is 15.7 Å². The highest BCUT2D eigenvalue weighted by Gasteiger charge is 2.12. The van der Waals surface area contributed by atoms with E-state index in [9.17, 15) is 13.6 Å². The summed E-state index contributed by atoms with van der Waals surface area (Å²) in [6, 6.07) is 8.43. The smallest absolute Gasteiger partial charge is 0.247 e. The number of halogens is 2. The van der Waals surface area contributed by atoms with Crippen LogP contribution in [-0.2, 0) is 17.9 Å². The van der Waals surface area contributed by atoms with Crippen molar-refractivity contribution in [1.29, 1.82) is 0 Å². The molecule has 0 aliphatic rings. The second-order valence-corrected chi connectivity index (χ2v) is 6.17. The third-order valence-corrected chi connectivity index (χ3v) is 4.26. The molecule has 2 heterocycles. The maximum absolute atomic E-state index is 14.0. The predicted octanol–water partition coefficient (Wildman–Crippen LogP) is 3.23. The monoisotopic (exact) mass is 382 g/mol. The first-order chi connectivity index (χ1) is 13.5. The molecule has 142 valence electrons. The van der Waals surface area contributed by atoms with E-state index >= 15 is 0 Å². The van der Waals surface area contributed by atoms with E-state index in [4.69, 9.17) is 0 Å². The van der Waals surface area contributed by atoms with E-state index < -0.39 is 11.6 Å². The van der Waals surface area contributed by atoms with Crippen molar-refractivity contribution in [3.63, 3.8) is 0 Å². The number of benzene rings is 2. The van der Waals surface area contributed by atoms with Gasteiger partial charge >= 0.3 is 0 Å². The third kappa shape index (κ3) is 3.46. The molecular weight excluding hydrogens is 366 g/mol. The zero-order chi connectivity index (χ0) is 19.7. The highest BCUT2D eigenvalue weighted by atomic mass is 19.1. The minimum atomic E-state index is -0.510. The summed E-state index contributed by atoms with van der Waals surface area (Å²) in [6.45, 7) is 2.48. The minimum absolute atomic E-state index is 0.0177. The maximum Gasteiger partial charge on any atom is 0.247 e. The lowest BCUT2D eigenvalue weighted by Gasteiger charge is -2.06. The van der Waals surface area contributed by atoms with Gasteiger partial charge in [0.25, 0.3) is 0 Å². The van der Waals surface area contributed by atoms with E-state index in [0.717, 1.165) is 18.2 Å². The van der Waals surface area contributed by atoms with Crippen molar-refractivity contribution in [2.45, 2.75) is 20.0 Å². The molecule has 0 aliphatic carbocycles. The molecule has 2 aromatic heterocycles. The van der Waals surface area contributed by atoms with Gasteiger partial charge in [-0.3, -0.25) is 9.48 Å². The average molecular weight is 382 g/mol. The molecule has 28 heavy (non-hydrogen) atoms. The van der Waals surface area contributed by atoms with Gasteiger partial charge in [-0.1, -0.05) is 6.07 Å². The van der Waals surface area contributed by atoms with Gasteiger partial charge in [-0.2, -0.15) is 15.0 Å². The van der Waals surface area contributed by atoms with Gasteiger partial charge in [0.1, 0.15) is 18.2 Å². The zero-order valence-electron chi connectivity index (χ0n) is 14.9. The highest BCUT2D eigenvalue weighted by Crippen LogP contribution is 2.27. The molecule has 0 spiro atoms. The number of rotatable bonds is 5. The second kappa shape index (κ2) is 7.18. The van der Waals surface area contributed by atoms with Crippen LogP contribution in [0.1, 0.15) is 6.92 Å². The van der Waals surface area contributed by atoms with E-state index in [1.807, 2.05) is 6.92 Å². The summed E-state index contributed by atoms with van der Waals surface area (Å²) in [5.74, 6) is -0.947. The number of hydrogen-bond acceptors (Lipinski definition) is 4. The Morgan fingerprint density at radius 3 is 2.75 bits per heavy atom. The number of amides is 1. The van der Waals surface area contributed by atoms with Crippen LogP contribution in [0.4, 0.5) is 14.6 Å². The lowest BCUT2D eigenvalue weighted by molar-refractivity contribution is -0.116. The first kappa shape index (κ1) is 17.8. The number of aromatic nitrogens is 5. The molecule has 7 nitrogen and oxygen atoms in total. The van der Waals surface area contributed by atoms with Crippen LogP contribution in [0.3, 0.4) is 0 Å². The highest BCUT2D eigenvalue weighted by molar-refractivity contribution is 5.91. The number of carbonyl (C=O) groups is 1. The van der Waals surface area contributed by atoms with Crippen LogP contribution in [0.5, 0.6) is 0 Å². The fourth-order valence-corrected chi connectivity index (χ4v) is 2.92. The summed E-state index contributed by atoms with van der Waals surface area (Å²) < 4.78 is 29.0. The molecule has 2 aromatic carbocycles. The van der Waals surface area contributed by atoms with Crippen molar-refractivity contribution < 1.29 is 13.6 Å². The Morgan fingerprint density at radius 2 is 1.96 bits per heavy atom. The van der Waals surface area contributed by atoms with E-state index in [0.29, 0.717) is 28.8 Å². The summed E-state index contributed by atoms with van der Waals surface area (Å²) in [6.07, 6.45) is 3.05. The number of nitrogens with one attached hydrogen (secondary N) is 1. The largest absolute Gasteiger partial charge is 0.306 e. The van der Waals surface area contributed by atoms with Gasteiger partial charge in [-0.05, 0) is 42.8 Å². The molecule has 0 fully saturated rings. The molecule has 0 saturated heterocycles. The van der Waals surface area contributed by atoms with Gasteiger partial charge in [-0.15, -0.1) is 5.10 Å². The molecular formula is C19H16F2N6O. The molecule has 4 aromatic rings. The third-order valence-electron chi connectivity index (χ3n) is 4.26. The van der Waals surface area contributed by atoms with Crippen LogP contribution in [-0.4, -0.2) is 30.7 Å². The molecule has 0 saturated carbocycles. The Kier molecular flexibility index (Phi) is 4.56. The summed E-state index contributed by atoms with van der Waals surface area (Å²) >= 11 is 0. The molecule has 9 heteroatoms. The Bertz CT molecular complexity index is 1170. The van der Waals surface area contributed by atoms with Gasteiger partial charge in [-0.25, -0.2) is 8.78 Å². The Morgan fingerprint density at radius 1 is 1.11 bits per heavy atom. The molecule has 0 aliphatic heterocycles. The maximum atomic E-state index is 14.0. The number of carbonyl (C=O) groups excluding carboxylic acids is 1. The first-order valence-corrected chi connectivity index (χ1v) is 8.64. The van der Waals surface area contributed by atoms with Crippen molar-refractivity contribution >= 4 is 22.6 Å². The van der Waals surface area contributed by atoms with Gasteiger partial charge in [0, 0.05) is 10.9 Å². The van der Waals surface area contributed by atoms with Crippen molar-refractivity contribution in [2.24, 2.45) is 0 Å². The summed E-state index contributed by atoms with van der Waals surface area (Å²) in [5.41, 5.74) is 1.41. The van der Waals surface area contributed by atoms with Gasteiger partial charge < -0.3 is 5.32 Å². The van der Waals surface area contributed by atoms with E-state index in [-0.39, 0.29) is 18.0 Å².